The Morgan fingerprint density at radius 2 is 1.89 bits per heavy atom. The van der Waals surface area contributed by atoms with Gasteiger partial charge < -0.3 is 10.2 Å². The summed E-state index contributed by atoms with van der Waals surface area (Å²) in [5.74, 6) is 1.89. The number of hydrogen-bond donors (Lipinski definition) is 1. The summed E-state index contributed by atoms with van der Waals surface area (Å²) in [5, 5.41) is 3.43. The number of carbonyl (C=O) groups excluding carboxylic acids is 1. The molecule has 2 saturated heterocycles. The van der Waals surface area contributed by atoms with Crippen LogP contribution in [0.25, 0.3) is 0 Å². The third-order valence-corrected chi connectivity index (χ3v) is 5.13. The van der Waals surface area contributed by atoms with Crippen LogP contribution in [0.15, 0.2) is 24.3 Å². The summed E-state index contributed by atoms with van der Waals surface area (Å²) >= 11 is 0. The second-order valence-corrected chi connectivity index (χ2v) is 6.21. The molecular formula is C16H20N2O. The molecule has 1 aromatic rings. The molecule has 1 amide bonds. The maximum Gasteiger partial charge on any atom is 0.230 e. The van der Waals surface area contributed by atoms with E-state index in [1.807, 2.05) is 0 Å². The van der Waals surface area contributed by atoms with Crippen LogP contribution in [0.2, 0.25) is 0 Å². The molecule has 0 unspecified atom stereocenters. The van der Waals surface area contributed by atoms with E-state index < -0.39 is 0 Å². The van der Waals surface area contributed by atoms with Crippen LogP contribution in [0.4, 0.5) is 0 Å². The number of rotatable bonds is 1. The first-order chi connectivity index (χ1) is 9.33. The van der Waals surface area contributed by atoms with Crippen molar-refractivity contribution in [3.05, 3.63) is 35.4 Å². The smallest absolute Gasteiger partial charge is 0.230 e. The summed E-state index contributed by atoms with van der Waals surface area (Å²) in [7, 11) is 0. The van der Waals surface area contributed by atoms with Crippen LogP contribution in [0.5, 0.6) is 0 Å². The molecule has 3 aliphatic rings. The summed E-state index contributed by atoms with van der Waals surface area (Å²) < 4.78 is 0. The van der Waals surface area contributed by atoms with Gasteiger partial charge in [-0.2, -0.15) is 0 Å². The van der Waals surface area contributed by atoms with Gasteiger partial charge in [0, 0.05) is 26.2 Å². The highest BCUT2D eigenvalue weighted by atomic mass is 16.2. The minimum absolute atomic E-state index is 0.128. The van der Waals surface area contributed by atoms with Crippen molar-refractivity contribution in [2.45, 2.75) is 18.8 Å². The SMILES string of the molecule is O=C([C@@H]1CCc2ccccc21)N1C[C@H]2CNC[C@H]2C1. The Morgan fingerprint density at radius 1 is 1.16 bits per heavy atom. The lowest BCUT2D eigenvalue weighted by molar-refractivity contribution is -0.132. The molecule has 0 radical (unpaired) electrons. The molecule has 0 bridgehead atoms. The van der Waals surface area contributed by atoms with Gasteiger partial charge in [0.15, 0.2) is 0 Å². The molecule has 1 aliphatic carbocycles. The Bertz CT molecular complexity index is 501. The topological polar surface area (TPSA) is 32.3 Å². The Balaban J connectivity index is 1.53. The molecule has 3 atom stereocenters. The highest BCUT2D eigenvalue weighted by Gasteiger charge is 2.41. The molecule has 0 aromatic heterocycles. The molecule has 1 N–H and O–H groups in total. The molecule has 1 aromatic carbocycles. The van der Waals surface area contributed by atoms with Crippen LogP contribution in [0.1, 0.15) is 23.5 Å². The summed E-state index contributed by atoms with van der Waals surface area (Å²) in [6, 6.07) is 8.46. The zero-order valence-corrected chi connectivity index (χ0v) is 11.1. The Labute approximate surface area is 114 Å². The van der Waals surface area contributed by atoms with Gasteiger partial charge in [-0.05, 0) is 35.8 Å². The summed E-state index contributed by atoms with van der Waals surface area (Å²) in [6.07, 6.45) is 2.07. The van der Waals surface area contributed by atoms with E-state index in [0.717, 1.165) is 39.0 Å². The third-order valence-electron chi connectivity index (χ3n) is 5.13. The number of aryl methyl sites for hydroxylation is 1. The fraction of sp³-hybridized carbons (Fsp3) is 0.562. The van der Waals surface area contributed by atoms with E-state index in [2.05, 4.69) is 34.5 Å². The monoisotopic (exact) mass is 256 g/mol. The number of hydrogen-bond acceptors (Lipinski definition) is 2. The lowest BCUT2D eigenvalue weighted by Crippen LogP contribution is -2.35. The number of nitrogens with one attached hydrogen (secondary N) is 1. The largest absolute Gasteiger partial charge is 0.341 e. The molecule has 2 aliphatic heterocycles. The maximum atomic E-state index is 12.7. The van der Waals surface area contributed by atoms with E-state index in [1.54, 1.807) is 0 Å². The van der Waals surface area contributed by atoms with Crippen molar-refractivity contribution in [3.63, 3.8) is 0 Å². The molecule has 3 heteroatoms. The second kappa shape index (κ2) is 4.34. The minimum Gasteiger partial charge on any atom is -0.341 e. The van der Waals surface area contributed by atoms with Gasteiger partial charge in [0.2, 0.25) is 5.91 Å². The van der Waals surface area contributed by atoms with Crippen LogP contribution < -0.4 is 5.32 Å². The molecule has 0 spiro atoms. The zero-order chi connectivity index (χ0) is 12.8. The standard InChI is InChI=1S/C16H20N2O/c19-16(18-9-12-7-17-8-13(12)10-18)15-6-5-11-3-1-2-4-14(11)15/h1-4,12-13,15,17H,5-10H2/t12-,13+,15-/m1/s1. The number of likely N-dealkylation sites (tertiary alicyclic amines) is 1. The molecule has 3 nitrogen and oxygen atoms in total. The van der Waals surface area contributed by atoms with E-state index >= 15 is 0 Å². The van der Waals surface area contributed by atoms with Gasteiger partial charge in [0.05, 0.1) is 5.92 Å². The third kappa shape index (κ3) is 1.79. The fourth-order valence-electron chi connectivity index (χ4n) is 4.07. The first-order valence-corrected chi connectivity index (χ1v) is 7.40. The number of amides is 1. The second-order valence-electron chi connectivity index (χ2n) is 6.21. The highest BCUT2D eigenvalue weighted by Crippen LogP contribution is 2.36. The van der Waals surface area contributed by atoms with Crippen molar-refractivity contribution >= 4 is 5.91 Å². The molecule has 19 heavy (non-hydrogen) atoms. The number of fused-ring (bicyclic) bond motifs is 2. The van der Waals surface area contributed by atoms with Crippen molar-refractivity contribution in [3.8, 4) is 0 Å². The van der Waals surface area contributed by atoms with Gasteiger partial charge in [0.25, 0.3) is 0 Å². The molecular weight excluding hydrogens is 236 g/mol. The first kappa shape index (κ1) is 11.5. The minimum atomic E-state index is 0.128. The van der Waals surface area contributed by atoms with E-state index in [4.69, 9.17) is 0 Å². The van der Waals surface area contributed by atoms with Gasteiger partial charge in [-0.3, -0.25) is 4.79 Å². The number of benzene rings is 1. The van der Waals surface area contributed by atoms with Crippen molar-refractivity contribution in [1.29, 1.82) is 0 Å². The average Bonchev–Trinajstić information content (AvgIpc) is 3.11. The summed E-state index contributed by atoms with van der Waals surface area (Å²) in [4.78, 5) is 14.9. The zero-order valence-electron chi connectivity index (χ0n) is 11.1. The van der Waals surface area contributed by atoms with Crippen molar-refractivity contribution in [1.82, 2.24) is 10.2 Å². The van der Waals surface area contributed by atoms with E-state index in [9.17, 15) is 4.79 Å². The maximum absolute atomic E-state index is 12.7. The molecule has 100 valence electrons. The van der Waals surface area contributed by atoms with E-state index in [1.165, 1.54) is 11.1 Å². The van der Waals surface area contributed by atoms with Crippen LogP contribution in [0.3, 0.4) is 0 Å². The predicted octanol–water partition coefficient (Wildman–Crippen LogP) is 1.39. The van der Waals surface area contributed by atoms with E-state index in [0.29, 0.717) is 17.7 Å². The lowest BCUT2D eigenvalue weighted by atomic mass is 10.00. The van der Waals surface area contributed by atoms with Gasteiger partial charge in [-0.25, -0.2) is 0 Å². The Kier molecular flexibility index (Phi) is 2.62. The molecule has 2 heterocycles. The lowest BCUT2D eigenvalue weighted by Gasteiger charge is -2.22. The average molecular weight is 256 g/mol. The van der Waals surface area contributed by atoms with Crippen LogP contribution in [-0.2, 0) is 11.2 Å². The van der Waals surface area contributed by atoms with Crippen molar-refractivity contribution in [2.75, 3.05) is 26.2 Å². The van der Waals surface area contributed by atoms with Gasteiger partial charge in [-0.15, -0.1) is 0 Å². The Morgan fingerprint density at radius 3 is 2.68 bits per heavy atom. The van der Waals surface area contributed by atoms with Crippen LogP contribution >= 0.6 is 0 Å². The molecule has 0 saturated carbocycles. The molecule has 2 fully saturated rings. The van der Waals surface area contributed by atoms with Crippen molar-refractivity contribution in [2.24, 2.45) is 11.8 Å². The fourth-order valence-corrected chi connectivity index (χ4v) is 4.07. The van der Waals surface area contributed by atoms with Crippen molar-refractivity contribution < 1.29 is 4.79 Å². The summed E-state index contributed by atoms with van der Waals surface area (Å²) in [5.41, 5.74) is 2.66. The van der Waals surface area contributed by atoms with Gasteiger partial charge >= 0.3 is 0 Å². The number of nitrogens with zero attached hydrogens (tertiary/aromatic N) is 1. The number of carbonyl (C=O) groups is 1. The Hall–Kier alpha value is -1.35. The molecule has 4 rings (SSSR count). The van der Waals surface area contributed by atoms with Gasteiger partial charge in [0.1, 0.15) is 0 Å². The summed E-state index contributed by atoms with van der Waals surface area (Å²) in [6.45, 7) is 4.12. The van der Waals surface area contributed by atoms with Gasteiger partial charge in [-0.1, -0.05) is 24.3 Å². The van der Waals surface area contributed by atoms with Crippen LogP contribution in [0, 0.1) is 11.8 Å². The van der Waals surface area contributed by atoms with E-state index in [-0.39, 0.29) is 5.92 Å². The first-order valence-electron chi connectivity index (χ1n) is 7.40. The highest BCUT2D eigenvalue weighted by molar-refractivity contribution is 5.85. The predicted molar refractivity (Wildman–Crippen MR) is 73.9 cm³/mol. The normalized spacial score (nSPS) is 32.4. The van der Waals surface area contributed by atoms with Crippen LogP contribution in [-0.4, -0.2) is 37.0 Å². The quantitative estimate of drug-likeness (QED) is 0.823.